The van der Waals surface area contributed by atoms with Gasteiger partial charge in [-0.3, -0.25) is 15.0 Å². The average molecular weight is 506 g/mol. The maximum absolute atomic E-state index is 13.5. The predicted molar refractivity (Wildman–Crippen MR) is 125 cm³/mol. The van der Waals surface area contributed by atoms with E-state index >= 15 is 0 Å². The number of fused-ring (bicyclic) bond motifs is 2. The fourth-order valence-electron chi connectivity index (χ4n) is 3.68. The van der Waals surface area contributed by atoms with Crippen molar-refractivity contribution in [2.45, 2.75) is 19.4 Å². The zero-order chi connectivity index (χ0) is 23.1. The van der Waals surface area contributed by atoms with Gasteiger partial charge in [0, 0.05) is 12.3 Å². The van der Waals surface area contributed by atoms with Gasteiger partial charge in [0.25, 0.3) is 5.56 Å². The molecule has 0 radical (unpaired) electrons. The van der Waals surface area contributed by atoms with Crippen molar-refractivity contribution in [1.29, 1.82) is 5.26 Å². The van der Waals surface area contributed by atoms with Gasteiger partial charge in [-0.2, -0.15) is 25.4 Å². The molecule has 0 amide bonds. The lowest BCUT2D eigenvalue weighted by atomic mass is 10.1. The molecular formula is C20H16BrN11O. The zero-order valence-corrected chi connectivity index (χ0v) is 18.8. The van der Waals surface area contributed by atoms with Crippen molar-refractivity contribution >= 4 is 49.6 Å². The van der Waals surface area contributed by atoms with Gasteiger partial charge < -0.3 is 11.1 Å². The molecular weight excluding hydrogens is 490 g/mol. The van der Waals surface area contributed by atoms with Gasteiger partial charge in [0.15, 0.2) is 11.5 Å². The van der Waals surface area contributed by atoms with Crippen LogP contribution in [0.15, 0.2) is 39.9 Å². The smallest absolute Gasteiger partial charge is 0.267 e. The summed E-state index contributed by atoms with van der Waals surface area (Å²) in [5.41, 5.74) is 6.63. The highest BCUT2D eigenvalue weighted by Crippen LogP contribution is 2.31. The third-order valence-electron chi connectivity index (χ3n) is 5.18. The minimum Gasteiger partial charge on any atom is -0.368 e. The van der Waals surface area contributed by atoms with E-state index in [1.165, 1.54) is 4.57 Å². The number of hydrogen-bond acceptors (Lipinski definition) is 9. The number of benzene rings is 1. The summed E-state index contributed by atoms with van der Waals surface area (Å²) >= 11 is 3.40. The van der Waals surface area contributed by atoms with E-state index in [-0.39, 0.29) is 11.5 Å². The molecule has 5 rings (SSSR count). The van der Waals surface area contributed by atoms with Crippen LogP contribution >= 0.6 is 15.9 Å². The third kappa shape index (κ3) is 3.37. The normalized spacial score (nSPS) is 12.2. The first-order chi connectivity index (χ1) is 16.0. The molecule has 5 aromatic rings. The summed E-state index contributed by atoms with van der Waals surface area (Å²) in [5.74, 6) is 1.22. The van der Waals surface area contributed by atoms with Gasteiger partial charge in [-0.05, 0) is 34.5 Å². The molecule has 0 spiro atoms. The number of nitrogen functional groups attached to an aromatic ring is 1. The van der Waals surface area contributed by atoms with Crippen LogP contribution in [0, 0.1) is 11.3 Å². The first-order valence-electron chi connectivity index (χ1n) is 9.91. The Balaban J connectivity index is 1.76. The number of anilines is 2. The van der Waals surface area contributed by atoms with Gasteiger partial charge in [-0.15, -0.1) is 0 Å². The Labute approximate surface area is 194 Å². The van der Waals surface area contributed by atoms with E-state index in [1.54, 1.807) is 30.5 Å². The van der Waals surface area contributed by atoms with E-state index < -0.39 is 6.04 Å². The maximum Gasteiger partial charge on any atom is 0.267 e. The quantitative estimate of drug-likeness (QED) is 0.279. The topological polar surface area (TPSA) is 180 Å². The second kappa shape index (κ2) is 7.99. The summed E-state index contributed by atoms with van der Waals surface area (Å²) in [6.07, 6.45) is 2.14. The fourth-order valence-corrected chi connectivity index (χ4v) is 4.14. The molecule has 12 nitrogen and oxygen atoms in total. The second-order valence-electron chi connectivity index (χ2n) is 7.13. The summed E-state index contributed by atoms with van der Waals surface area (Å²) < 4.78 is 1.94. The number of rotatable bonds is 5. The van der Waals surface area contributed by atoms with Crippen molar-refractivity contribution in [3.8, 4) is 11.9 Å². The fraction of sp³-hybridized carbons (Fsp3) is 0.150. The molecule has 0 unspecified atom stereocenters. The molecule has 4 heterocycles. The molecule has 0 saturated heterocycles. The molecule has 0 bridgehead atoms. The molecule has 0 aliphatic heterocycles. The van der Waals surface area contributed by atoms with Gasteiger partial charge in [-0.1, -0.05) is 13.0 Å². The number of halogens is 1. The van der Waals surface area contributed by atoms with Crippen LogP contribution < -0.4 is 16.6 Å². The van der Waals surface area contributed by atoms with Crippen LogP contribution in [0.4, 0.5) is 11.8 Å². The average Bonchev–Trinajstić information content (AvgIpc) is 3.47. The Morgan fingerprint density at radius 3 is 2.85 bits per heavy atom. The highest BCUT2D eigenvalue weighted by atomic mass is 79.9. The summed E-state index contributed by atoms with van der Waals surface area (Å²) in [6, 6.07) is 8.22. The molecule has 33 heavy (non-hydrogen) atoms. The molecule has 0 saturated carbocycles. The zero-order valence-electron chi connectivity index (χ0n) is 17.2. The van der Waals surface area contributed by atoms with Crippen molar-refractivity contribution in [3.63, 3.8) is 0 Å². The van der Waals surface area contributed by atoms with E-state index in [4.69, 9.17) is 10.7 Å². The largest absolute Gasteiger partial charge is 0.368 e. The number of nitrogens with zero attached hydrogens (tertiary/aromatic N) is 7. The first kappa shape index (κ1) is 20.6. The Kier molecular flexibility index (Phi) is 4.98. The van der Waals surface area contributed by atoms with Crippen LogP contribution in [-0.2, 0) is 0 Å². The van der Waals surface area contributed by atoms with Crippen LogP contribution in [-0.4, -0.2) is 39.9 Å². The SMILES string of the molecule is CC[C@H](Nc1nc(N)nc2[nH]nc(Br)c12)c1nc2c(C#N)cccc2c(=O)n1-c1cc[nH]n1. The number of nitrogens with two attached hydrogens (primary N) is 1. The summed E-state index contributed by atoms with van der Waals surface area (Å²) in [6.45, 7) is 1.94. The minimum atomic E-state index is -0.496. The van der Waals surface area contributed by atoms with E-state index in [0.29, 0.717) is 56.0 Å². The maximum atomic E-state index is 13.5. The minimum absolute atomic E-state index is 0.0546. The van der Waals surface area contributed by atoms with Crippen LogP contribution in [0.3, 0.4) is 0 Å². The highest BCUT2D eigenvalue weighted by Gasteiger charge is 2.24. The molecule has 13 heteroatoms. The second-order valence-corrected chi connectivity index (χ2v) is 7.88. The Hall–Kier alpha value is -4.31. The number of aromatic amines is 2. The predicted octanol–water partition coefficient (Wildman–Crippen LogP) is 2.55. The van der Waals surface area contributed by atoms with Crippen molar-refractivity contribution in [2.75, 3.05) is 11.1 Å². The summed E-state index contributed by atoms with van der Waals surface area (Å²) in [7, 11) is 0. The van der Waals surface area contributed by atoms with Crippen LogP contribution in [0.25, 0.3) is 27.8 Å². The van der Waals surface area contributed by atoms with Crippen molar-refractivity contribution in [2.24, 2.45) is 0 Å². The highest BCUT2D eigenvalue weighted by molar-refractivity contribution is 9.10. The van der Waals surface area contributed by atoms with E-state index in [0.717, 1.165) is 0 Å². The van der Waals surface area contributed by atoms with Crippen molar-refractivity contribution < 1.29 is 0 Å². The van der Waals surface area contributed by atoms with Gasteiger partial charge >= 0.3 is 0 Å². The number of nitriles is 1. The molecule has 0 aliphatic rings. The van der Waals surface area contributed by atoms with E-state index in [2.05, 4.69) is 57.7 Å². The summed E-state index contributed by atoms with van der Waals surface area (Å²) in [4.78, 5) is 26.8. The van der Waals surface area contributed by atoms with Crippen molar-refractivity contribution in [1.82, 2.24) is 39.9 Å². The standard InChI is InChI=1S/C20H16BrN11O/c1-2-11(25-16-13-15(21)30-31-17(13)28-20(23)27-16)18-26-14-9(8-22)4-3-5-10(14)19(33)32(18)12-6-7-24-29-12/h3-7,11H,2H2,1H3,(H,24,29)(H4,23,25,27,28,30,31)/t11-/m0/s1. The lowest BCUT2D eigenvalue weighted by Crippen LogP contribution is -2.29. The first-order valence-corrected chi connectivity index (χ1v) is 10.7. The monoisotopic (exact) mass is 505 g/mol. The molecule has 1 atom stereocenters. The summed E-state index contributed by atoms with van der Waals surface area (Å²) in [5, 5.41) is 27.7. The van der Waals surface area contributed by atoms with Gasteiger partial charge in [-0.25, -0.2) is 9.55 Å². The lowest BCUT2D eigenvalue weighted by molar-refractivity contribution is 0.653. The number of hydrogen-bond donors (Lipinski definition) is 4. The van der Waals surface area contributed by atoms with Crippen molar-refractivity contribution in [3.05, 3.63) is 56.8 Å². The van der Waals surface area contributed by atoms with E-state index in [1.807, 2.05) is 6.92 Å². The van der Waals surface area contributed by atoms with Gasteiger partial charge in [0.1, 0.15) is 22.3 Å². The molecule has 5 N–H and O–H groups in total. The third-order valence-corrected chi connectivity index (χ3v) is 5.76. The lowest BCUT2D eigenvalue weighted by Gasteiger charge is -2.21. The number of H-pyrrole nitrogens is 2. The van der Waals surface area contributed by atoms with Crippen LogP contribution in [0.2, 0.25) is 0 Å². The number of aromatic nitrogens is 8. The molecule has 164 valence electrons. The van der Waals surface area contributed by atoms with Gasteiger partial charge in [0.2, 0.25) is 5.95 Å². The number of nitrogens with one attached hydrogen (secondary N) is 3. The van der Waals surface area contributed by atoms with E-state index in [9.17, 15) is 10.1 Å². The Bertz CT molecular complexity index is 1600. The number of para-hydroxylation sites is 1. The Morgan fingerprint density at radius 2 is 2.12 bits per heavy atom. The van der Waals surface area contributed by atoms with Crippen LogP contribution in [0.5, 0.6) is 0 Å². The molecule has 4 aromatic heterocycles. The Morgan fingerprint density at radius 1 is 1.27 bits per heavy atom. The van der Waals surface area contributed by atoms with Crippen LogP contribution in [0.1, 0.15) is 30.8 Å². The molecule has 1 aromatic carbocycles. The van der Waals surface area contributed by atoms with Gasteiger partial charge in [0.05, 0.1) is 27.9 Å². The molecule has 0 fully saturated rings. The molecule has 0 aliphatic carbocycles.